The van der Waals surface area contributed by atoms with Crippen LogP contribution < -0.4 is 4.90 Å². The van der Waals surface area contributed by atoms with Crippen LogP contribution in [0.2, 0.25) is 5.15 Å². The molecule has 0 amide bonds. The highest BCUT2D eigenvalue weighted by Crippen LogP contribution is 2.22. The van der Waals surface area contributed by atoms with Gasteiger partial charge in [0.15, 0.2) is 0 Å². The number of aryl methyl sites for hydroxylation is 1. The summed E-state index contributed by atoms with van der Waals surface area (Å²) in [6.45, 7) is 3.32. The van der Waals surface area contributed by atoms with Crippen molar-refractivity contribution >= 4 is 33.4 Å². The Morgan fingerprint density at radius 2 is 1.89 bits per heavy atom. The van der Waals surface area contributed by atoms with Crippen molar-refractivity contribution in [2.24, 2.45) is 0 Å². The van der Waals surface area contributed by atoms with Gasteiger partial charge < -0.3 is 10.0 Å². The van der Waals surface area contributed by atoms with Crippen LogP contribution in [0.25, 0.3) is 0 Å². The van der Waals surface area contributed by atoms with Crippen molar-refractivity contribution in [2.75, 3.05) is 31.1 Å². The van der Waals surface area contributed by atoms with Crippen molar-refractivity contribution in [3.63, 3.8) is 0 Å². The van der Waals surface area contributed by atoms with Crippen LogP contribution in [0.5, 0.6) is 0 Å². The van der Waals surface area contributed by atoms with Gasteiger partial charge in [0.1, 0.15) is 11.0 Å². The Balaban J connectivity index is 1.75. The Morgan fingerprint density at radius 3 is 2.48 bits per heavy atom. The van der Waals surface area contributed by atoms with Gasteiger partial charge in [-0.15, -0.1) is 0 Å². The number of nitrogens with zero attached hydrogens (tertiary/aromatic N) is 4. The van der Waals surface area contributed by atoms with Crippen molar-refractivity contribution in [2.45, 2.75) is 18.2 Å². The van der Waals surface area contributed by atoms with E-state index in [4.69, 9.17) is 16.7 Å². The lowest BCUT2D eigenvalue weighted by Crippen LogP contribution is -2.49. The zero-order valence-corrected chi connectivity index (χ0v) is 16.2. The van der Waals surface area contributed by atoms with Crippen LogP contribution in [0.1, 0.15) is 11.1 Å². The summed E-state index contributed by atoms with van der Waals surface area (Å²) >= 11 is 5.74. The number of aliphatic carboxylic acids is 1. The highest BCUT2D eigenvalue weighted by atomic mass is 35.5. The summed E-state index contributed by atoms with van der Waals surface area (Å²) in [6, 6.07) is 4.62. The second-order valence-electron chi connectivity index (χ2n) is 6.25. The van der Waals surface area contributed by atoms with Crippen LogP contribution >= 0.6 is 11.6 Å². The van der Waals surface area contributed by atoms with Crippen LogP contribution in [0.4, 0.5) is 5.82 Å². The van der Waals surface area contributed by atoms with Crippen molar-refractivity contribution in [1.29, 1.82) is 0 Å². The van der Waals surface area contributed by atoms with E-state index in [1.165, 1.54) is 22.6 Å². The third-order valence-electron chi connectivity index (χ3n) is 4.47. The fourth-order valence-electron chi connectivity index (χ4n) is 2.94. The summed E-state index contributed by atoms with van der Waals surface area (Å²) in [7, 11) is -3.69. The lowest BCUT2D eigenvalue weighted by atomic mass is 10.1. The summed E-state index contributed by atoms with van der Waals surface area (Å²) < 4.78 is 27.3. The Kier molecular flexibility index (Phi) is 5.64. The van der Waals surface area contributed by atoms with Gasteiger partial charge in [0, 0.05) is 26.2 Å². The van der Waals surface area contributed by atoms with E-state index in [1.807, 2.05) is 4.90 Å². The van der Waals surface area contributed by atoms with Gasteiger partial charge in [-0.2, -0.15) is 4.31 Å². The number of piperazine rings is 1. The van der Waals surface area contributed by atoms with E-state index in [0.29, 0.717) is 42.7 Å². The predicted octanol–water partition coefficient (Wildman–Crippen LogP) is 1.58. The molecule has 1 aliphatic rings. The van der Waals surface area contributed by atoms with Gasteiger partial charge in [-0.05, 0) is 30.2 Å². The van der Waals surface area contributed by atoms with Crippen LogP contribution in [0, 0.1) is 6.92 Å². The largest absolute Gasteiger partial charge is 0.481 e. The Hall–Kier alpha value is -2.23. The van der Waals surface area contributed by atoms with Gasteiger partial charge >= 0.3 is 5.97 Å². The van der Waals surface area contributed by atoms with Gasteiger partial charge in [-0.3, -0.25) is 4.79 Å². The molecule has 2 aromatic rings. The van der Waals surface area contributed by atoms with Gasteiger partial charge in [-0.25, -0.2) is 18.4 Å². The number of hydrogen-bond acceptors (Lipinski definition) is 6. The maximum Gasteiger partial charge on any atom is 0.307 e. The molecule has 10 heteroatoms. The molecule has 1 N–H and O–H groups in total. The topological polar surface area (TPSA) is 104 Å². The number of hydrogen-bond donors (Lipinski definition) is 1. The van der Waals surface area contributed by atoms with E-state index in [-0.39, 0.29) is 11.3 Å². The molecular weight excluding hydrogens is 392 g/mol. The highest BCUT2D eigenvalue weighted by molar-refractivity contribution is 7.89. The number of benzene rings is 1. The first-order chi connectivity index (χ1) is 12.8. The van der Waals surface area contributed by atoms with Gasteiger partial charge in [0.2, 0.25) is 10.0 Å². The fraction of sp³-hybridized carbons (Fsp3) is 0.353. The van der Waals surface area contributed by atoms with Gasteiger partial charge in [0.05, 0.1) is 23.7 Å². The second kappa shape index (κ2) is 7.79. The molecule has 1 aromatic carbocycles. The predicted molar refractivity (Wildman–Crippen MR) is 101 cm³/mol. The SMILES string of the molecule is Cc1ccc(S(=O)(=O)N2CCN(c3cnc(Cl)cn3)CC2)cc1CC(=O)O. The first-order valence-corrected chi connectivity index (χ1v) is 10.1. The number of aromatic nitrogens is 2. The summed E-state index contributed by atoms with van der Waals surface area (Å²) in [5, 5.41) is 9.31. The average molecular weight is 411 g/mol. The highest BCUT2D eigenvalue weighted by Gasteiger charge is 2.29. The molecule has 0 unspecified atom stereocenters. The lowest BCUT2D eigenvalue weighted by molar-refractivity contribution is -0.136. The van der Waals surface area contributed by atoms with Crippen LogP contribution in [0.3, 0.4) is 0 Å². The number of rotatable bonds is 5. The first kappa shape index (κ1) is 19.5. The second-order valence-corrected chi connectivity index (χ2v) is 8.57. The number of anilines is 1. The number of sulfonamides is 1. The zero-order chi connectivity index (χ0) is 19.6. The van der Waals surface area contributed by atoms with E-state index < -0.39 is 16.0 Å². The molecule has 0 aliphatic carbocycles. The van der Waals surface area contributed by atoms with E-state index in [1.54, 1.807) is 19.2 Å². The van der Waals surface area contributed by atoms with Gasteiger partial charge in [0.25, 0.3) is 0 Å². The van der Waals surface area contributed by atoms with Crippen LogP contribution in [-0.2, 0) is 21.2 Å². The molecule has 0 radical (unpaired) electrons. The van der Waals surface area contributed by atoms with Crippen molar-refractivity contribution in [3.05, 3.63) is 46.9 Å². The normalized spacial score (nSPS) is 15.7. The monoisotopic (exact) mass is 410 g/mol. The number of carbonyl (C=O) groups is 1. The zero-order valence-electron chi connectivity index (χ0n) is 14.7. The van der Waals surface area contributed by atoms with Crippen LogP contribution in [-0.4, -0.2) is 59.9 Å². The number of halogens is 1. The molecule has 144 valence electrons. The molecule has 1 fully saturated rings. The molecule has 2 heterocycles. The van der Waals surface area contributed by atoms with Crippen molar-refractivity contribution in [3.8, 4) is 0 Å². The minimum Gasteiger partial charge on any atom is -0.481 e. The molecule has 27 heavy (non-hydrogen) atoms. The average Bonchev–Trinajstić information content (AvgIpc) is 2.64. The number of carboxylic acid groups (broad SMARTS) is 1. The Bertz CT molecular complexity index is 942. The molecule has 0 saturated carbocycles. The van der Waals surface area contributed by atoms with Crippen molar-refractivity contribution < 1.29 is 18.3 Å². The van der Waals surface area contributed by atoms with E-state index >= 15 is 0 Å². The number of carboxylic acids is 1. The summed E-state index contributed by atoms with van der Waals surface area (Å²) in [4.78, 5) is 21.2. The molecule has 0 atom stereocenters. The van der Waals surface area contributed by atoms with E-state index in [2.05, 4.69) is 9.97 Å². The summed E-state index contributed by atoms with van der Waals surface area (Å²) in [6.07, 6.45) is 2.80. The van der Waals surface area contributed by atoms with E-state index in [0.717, 1.165) is 5.56 Å². The fourth-order valence-corrected chi connectivity index (χ4v) is 4.51. The molecule has 0 bridgehead atoms. The van der Waals surface area contributed by atoms with Crippen LogP contribution in [0.15, 0.2) is 35.5 Å². The molecular formula is C17H19ClN4O4S. The smallest absolute Gasteiger partial charge is 0.307 e. The van der Waals surface area contributed by atoms with E-state index in [9.17, 15) is 13.2 Å². The Labute approximate surface area is 162 Å². The van der Waals surface area contributed by atoms with Crippen molar-refractivity contribution in [1.82, 2.24) is 14.3 Å². The minimum atomic E-state index is -3.69. The molecule has 8 nitrogen and oxygen atoms in total. The maximum atomic E-state index is 12.9. The molecule has 1 aliphatic heterocycles. The minimum absolute atomic E-state index is 0.115. The molecule has 3 rings (SSSR count). The molecule has 1 saturated heterocycles. The maximum absolute atomic E-state index is 12.9. The quantitative estimate of drug-likeness (QED) is 0.797. The third kappa shape index (κ3) is 4.37. The lowest BCUT2D eigenvalue weighted by Gasteiger charge is -2.34. The third-order valence-corrected chi connectivity index (χ3v) is 6.56. The molecule has 1 aromatic heterocycles. The Morgan fingerprint density at radius 1 is 1.19 bits per heavy atom. The molecule has 0 spiro atoms. The van der Waals surface area contributed by atoms with Gasteiger partial charge in [-0.1, -0.05) is 17.7 Å². The summed E-state index contributed by atoms with van der Waals surface area (Å²) in [5.74, 6) is -0.346. The summed E-state index contributed by atoms with van der Waals surface area (Å²) in [5.41, 5.74) is 1.25. The first-order valence-electron chi connectivity index (χ1n) is 8.31. The standard InChI is InChI=1S/C17H19ClN4O4S/c1-12-2-3-14(8-13(12)9-17(23)24)27(25,26)22-6-4-21(5-7-22)16-11-19-15(18)10-20-16/h2-3,8,10-11H,4-7,9H2,1H3,(H,23,24).